The zero-order valence-electron chi connectivity index (χ0n) is 11.2. The highest BCUT2D eigenvalue weighted by Crippen LogP contribution is 2.26. The average molecular weight is 267 g/mol. The van der Waals surface area contributed by atoms with E-state index in [1.165, 1.54) is 25.8 Å². The molecule has 3 heteroatoms. The summed E-state index contributed by atoms with van der Waals surface area (Å²) in [7, 11) is 0. The molecule has 0 amide bonds. The molecule has 0 bridgehead atoms. The molecule has 1 aliphatic carbocycles. The normalized spacial score (nSPS) is 15.7. The number of anilines is 1. The fraction of sp³-hybridized carbons (Fsp3) is 0.600. The lowest BCUT2D eigenvalue weighted by molar-refractivity contribution is 0.189. The van der Waals surface area contributed by atoms with E-state index in [4.69, 9.17) is 11.6 Å². The topological polar surface area (TPSA) is 15.3 Å². The Morgan fingerprint density at radius 3 is 2.56 bits per heavy atom. The molecule has 0 unspecified atom stereocenters. The molecule has 1 aromatic rings. The molecule has 1 N–H and O–H groups in total. The van der Waals surface area contributed by atoms with Crippen molar-refractivity contribution >= 4 is 17.3 Å². The molecular weight excluding hydrogens is 244 g/mol. The Morgan fingerprint density at radius 2 is 2.00 bits per heavy atom. The zero-order valence-corrected chi connectivity index (χ0v) is 11.9. The number of nitrogens with zero attached hydrogens (tertiary/aromatic N) is 1. The fourth-order valence-electron chi connectivity index (χ4n) is 2.35. The molecule has 2 nitrogen and oxygen atoms in total. The van der Waals surface area contributed by atoms with E-state index in [0.29, 0.717) is 0 Å². The second kappa shape index (κ2) is 7.01. The maximum absolute atomic E-state index is 5.86. The molecule has 0 atom stereocenters. The third-order valence-electron chi connectivity index (χ3n) is 3.79. The Balaban J connectivity index is 1.67. The van der Waals surface area contributed by atoms with Crippen molar-refractivity contribution in [1.82, 2.24) is 4.90 Å². The molecule has 18 heavy (non-hydrogen) atoms. The van der Waals surface area contributed by atoms with Crippen LogP contribution in [0.15, 0.2) is 24.3 Å². The first kappa shape index (κ1) is 13.7. The molecule has 1 aliphatic rings. The zero-order chi connectivity index (χ0) is 12.8. The second-order valence-corrected chi connectivity index (χ2v) is 5.56. The molecule has 100 valence electrons. The minimum Gasteiger partial charge on any atom is -0.384 e. The molecule has 0 radical (unpaired) electrons. The largest absolute Gasteiger partial charge is 0.384 e. The van der Waals surface area contributed by atoms with Crippen molar-refractivity contribution in [1.29, 1.82) is 0 Å². The molecule has 1 fully saturated rings. The monoisotopic (exact) mass is 266 g/mol. The van der Waals surface area contributed by atoms with E-state index in [1.807, 2.05) is 24.3 Å². The Bertz CT molecular complexity index is 346. The molecule has 1 aromatic carbocycles. The van der Waals surface area contributed by atoms with Gasteiger partial charge in [0.2, 0.25) is 0 Å². The van der Waals surface area contributed by atoms with Crippen LogP contribution < -0.4 is 5.32 Å². The van der Waals surface area contributed by atoms with Crippen LogP contribution in [0.4, 0.5) is 5.69 Å². The Labute approximate surface area is 115 Å². The van der Waals surface area contributed by atoms with Gasteiger partial charge in [-0.25, -0.2) is 0 Å². The van der Waals surface area contributed by atoms with E-state index in [9.17, 15) is 0 Å². The summed E-state index contributed by atoms with van der Waals surface area (Å²) in [6, 6.07) is 7.92. The summed E-state index contributed by atoms with van der Waals surface area (Å²) in [5, 5.41) is 4.24. The number of hydrogen-bond donors (Lipinski definition) is 1. The molecule has 2 rings (SSSR count). The third kappa shape index (κ3) is 4.18. The summed E-state index contributed by atoms with van der Waals surface area (Å²) >= 11 is 5.86. The van der Waals surface area contributed by atoms with Gasteiger partial charge in [0.25, 0.3) is 0 Å². The second-order valence-electron chi connectivity index (χ2n) is 5.12. The van der Waals surface area contributed by atoms with Crippen LogP contribution >= 0.6 is 11.6 Å². The summed E-state index contributed by atoms with van der Waals surface area (Å²) in [4.78, 5) is 2.55. The molecular formula is C15H23ClN2. The SMILES string of the molecule is CCN(CCNc1ccc(Cl)cc1)CC1CCC1. The van der Waals surface area contributed by atoms with Gasteiger partial charge in [0.05, 0.1) is 0 Å². The van der Waals surface area contributed by atoms with Crippen LogP contribution in [0.1, 0.15) is 26.2 Å². The maximum Gasteiger partial charge on any atom is 0.0407 e. The van der Waals surface area contributed by atoms with E-state index in [-0.39, 0.29) is 0 Å². The van der Waals surface area contributed by atoms with Gasteiger partial charge in [0.15, 0.2) is 0 Å². The summed E-state index contributed by atoms with van der Waals surface area (Å²) in [5.41, 5.74) is 1.15. The summed E-state index contributed by atoms with van der Waals surface area (Å²) in [6.07, 6.45) is 4.30. The van der Waals surface area contributed by atoms with Gasteiger partial charge in [-0.05, 0) is 49.6 Å². The number of nitrogens with one attached hydrogen (secondary N) is 1. The first-order chi connectivity index (χ1) is 8.78. The molecule has 1 saturated carbocycles. The van der Waals surface area contributed by atoms with Gasteiger partial charge in [0, 0.05) is 30.3 Å². The van der Waals surface area contributed by atoms with E-state index in [0.717, 1.165) is 36.3 Å². The highest BCUT2D eigenvalue weighted by molar-refractivity contribution is 6.30. The van der Waals surface area contributed by atoms with Gasteiger partial charge in [-0.15, -0.1) is 0 Å². The third-order valence-corrected chi connectivity index (χ3v) is 4.04. The lowest BCUT2D eigenvalue weighted by Crippen LogP contribution is -2.35. The smallest absolute Gasteiger partial charge is 0.0407 e. The summed E-state index contributed by atoms with van der Waals surface area (Å²) in [5.74, 6) is 0.959. The highest BCUT2D eigenvalue weighted by Gasteiger charge is 2.19. The van der Waals surface area contributed by atoms with Gasteiger partial charge in [0.1, 0.15) is 0 Å². The predicted molar refractivity (Wildman–Crippen MR) is 79.4 cm³/mol. The molecule has 0 aromatic heterocycles. The van der Waals surface area contributed by atoms with E-state index in [1.54, 1.807) is 0 Å². The van der Waals surface area contributed by atoms with Gasteiger partial charge < -0.3 is 10.2 Å². The summed E-state index contributed by atoms with van der Waals surface area (Å²) in [6.45, 7) is 6.80. The number of hydrogen-bond acceptors (Lipinski definition) is 2. The van der Waals surface area contributed by atoms with Crippen molar-refractivity contribution < 1.29 is 0 Å². The van der Waals surface area contributed by atoms with Crippen LogP contribution in [-0.2, 0) is 0 Å². The Morgan fingerprint density at radius 1 is 1.28 bits per heavy atom. The van der Waals surface area contributed by atoms with Crippen molar-refractivity contribution in [2.24, 2.45) is 5.92 Å². The van der Waals surface area contributed by atoms with Crippen molar-refractivity contribution in [2.45, 2.75) is 26.2 Å². The van der Waals surface area contributed by atoms with Crippen molar-refractivity contribution in [3.05, 3.63) is 29.3 Å². The van der Waals surface area contributed by atoms with Crippen LogP contribution in [0.25, 0.3) is 0 Å². The number of rotatable bonds is 7. The molecule has 0 aliphatic heterocycles. The minimum atomic E-state index is 0.792. The van der Waals surface area contributed by atoms with Crippen LogP contribution in [0, 0.1) is 5.92 Å². The van der Waals surface area contributed by atoms with Crippen LogP contribution in [0.2, 0.25) is 5.02 Å². The van der Waals surface area contributed by atoms with Gasteiger partial charge in [-0.1, -0.05) is 24.9 Å². The first-order valence-electron chi connectivity index (χ1n) is 6.99. The van der Waals surface area contributed by atoms with Crippen molar-refractivity contribution in [3.63, 3.8) is 0 Å². The van der Waals surface area contributed by atoms with Crippen LogP contribution in [-0.4, -0.2) is 31.1 Å². The van der Waals surface area contributed by atoms with Crippen molar-refractivity contribution in [2.75, 3.05) is 31.5 Å². The molecule has 0 heterocycles. The number of halogens is 1. The minimum absolute atomic E-state index is 0.792. The molecule has 0 spiro atoms. The predicted octanol–water partition coefficient (Wildman–Crippen LogP) is 3.87. The highest BCUT2D eigenvalue weighted by atomic mass is 35.5. The van der Waals surface area contributed by atoms with Crippen LogP contribution in [0.5, 0.6) is 0 Å². The average Bonchev–Trinajstić information content (AvgIpc) is 2.33. The van der Waals surface area contributed by atoms with Gasteiger partial charge >= 0.3 is 0 Å². The van der Waals surface area contributed by atoms with Crippen molar-refractivity contribution in [3.8, 4) is 0 Å². The standard InChI is InChI=1S/C15H23ClN2/c1-2-18(12-13-4-3-5-13)11-10-17-15-8-6-14(16)7-9-15/h6-9,13,17H,2-5,10-12H2,1H3. The van der Waals surface area contributed by atoms with E-state index >= 15 is 0 Å². The first-order valence-corrected chi connectivity index (χ1v) is 7.37. The quantitative estimate of drug-likeness (QED) is 0.806. The summed E-state index contributed by atoms with van der Waals surface area (Å²) < 4.78 is 0. The van der Waals surface area contributed by atoms with Gasteiger partial charge in [-0.3, -0.25) is 0 Å². The Hall–Kier alpha value is -0.730. The lowest BCUT2D eigenvalue weighted by Gasteiger charge is -2.31. The van der Waals surface area contributed by atoms with Gasteiger partial charge in [-0.2, -0.15) is 0 Å². The maximum atomic E-state index is 5.86. The fourth-order valence-corrected chi connectivity index (χ4v) is 2.47. The Kier molecular flexibility index (Phi) is 5.33. The lowest BCUT2D eigenvalue weighted by atomic mass is 9.85. The number of benzene rings is 1. The van der Waals surface area contributed by atoms with E-state index < -0.39 is 0 Å². The number of likely N-dealkylation sites (N-methyl/N-ethyl adjacent to an activating group) is 1. The molecule has 0 saturated heterocycles. The van der Waals surface area contributed by atoms with E-state index in [2.05, 4.69) is 17.1 Å². The van der Waals surface area contributed by atoms with Crippen LogP contribution in [0.3, 0.4) is 0 Å².